The maximum absolute atomic E-state index is 11.9. The zero-order valence-electron chi connectivity index (χ0n) is 7.66. The summed E-state index contributed by atoms with van der Waals surface area (Å²) in [6.45, 7) is 2.39. The first-order chi connectivity index (χ1) is 6.28. The van der Waals surface area contributed by atoms with Crippen LogP contribution < -0.4 is 0 Å². The lowest BCUT2D eigenvalue weighted by Crippen LogP contribution is -2.56. The lowest BCUT2D eigenvalue weighted by Gasteiger charge is -2.40. The number of aliphatic hydroxyl groups is 1. The van der Waals surface area contributed by atoms with Gasteiger partial charge in [0.15, 0.2) is 0 Å². The van der Waals surface area contributed by atoms with E-state index in [2.05, 4.69) is 0 Å². The molecule has 2 aliphatic rings. The van der Waals surface area contributed by atoms with E-state index in [4.69, 9.17) is 9.84 Å². The van der Waals surface area contributed by atoms with Crippen LogP contribution in [0.3, 0.4) is 0 Å². The fourth-order valence-electron chi connectivity index (χ4n) is 1.89. The summed E-state index contributed by atoms with van der Waals surface area (Å²) >= 11 is 0. The molecule has 0 bridgehead atoms. The molecule has 2 fully saturated rings. The highest BCUT2D eigenvalue weighted by molar-refractivity contribution is 5.84. The van der Waals surface area contributed by atoms with E-state index >= 15 is 0 Å². The lowest BCUT2D eigenvalue weighted by atomic mass is 9.85. The summed E-state index contributed by atoms with van der Waals surface area (Å²) in [4.78, 5) is 13.7. The Morgan fingerprint density at radius 2 is 2.00 bits per heavy atom. The molecule has 0 aromatic carbocycles. The van der Waals surface area contributed by atoms with E-state index in [9.17, 15) is 4.79 Å². The van der Waals surface area contributed by atoms with Crippen molar-refractivity contribution in [3.05, 3.63) is 0 Å². The molecule has 0 aromatic heterocycles. The molecule has 74 valence electrons. The number of carbonyl (C=O) groups is 1. The van der Waals surface area contributed by atoms with E-state index in [0.717, 1.165) is 25.9 Å². The van der Waals surface area contributed by atoms with E-state index in [0.29, 0.717) is 13.2 Å². The van der Waals surface area contributed by atoms with Gasteiger partial charge in [-0.25, -0.2) is 0 Å². The van der Waals surface area contributed by atoms with Crippen LogP contribution in [0, 0.1) is 5.41 Å². The SMILES string of the molecule is O=C(N1CCCC1)C1(CO)COC1. The monoisotopic (exact) mass is 185 g/mol. The van der Waals surface area contributed by atoms with E-state index in [1.807, 2.05) is 4.90 Å². The van der Waals surface area contributed by atoms with Crippen molar-refractivity contribution in [3.63, 3.8) is 0 Å². The predicted octanol–water partition coefficient (Wildman–Crippen LogP) is -0.382. The van der Waals surface area contributed by atoms with Crippen molar-refractivity contribution in [2.75, 3.05) is 32.9 Å². The first-order valence-corrected chi connectivity index (χ1v) is 4.76. The second-order valence-corrected chi connectivity index (χ2v) is 3.93. The molecule has 0 spiro atoms. The van der Waals surface area contributed by atoms with Crippen LogP contribution in [0.15, 0.2) is 0 Å². The van der Waals surface area contributed by atoms with Crippen LogP contribution in [0.5, 0.6) is 0 Å². The van der Waals surface area contributed by atoms with Gasteiger partial charge in [0.2, 0.25) is 5.91 Å². The van der Waals surface area contributed by atoms with Gasteiger partial charge in [-0.1, -0.05) is 0 Å². The molecule has 4 nitrogen and oxygen atoms in total. The van der Waals surface area contributed by atoms with Crippen LogP contribution in [0.25, 0.3) is 0 Å². The Kier molecular flexibility index (Phi) is 2.26. The predicted molar refractivity (Wildman–Crippen MR) is 46.2 cm³/mol. The van der Waals surface area contributed by atoms with Crippen molar-refractivity contribution in [1.82, 2.24) is 4.90 Å². The molecular weight excluding hydrogens is 170 g/mol. The standard InChI is InChI=1S/C9H15NO3/c11-5-9(6-13-7-9)8(12)10-3-1-2-4-10/h11H,1-7H2. The number of hydrogen-bond donors (Lipinski definition) is 1. The van der Waals surface area contributed by atoms with Gasteiger partial charge >= 0.3 is 0 Å². The second kappa shape index (κ2) is 3.27. The van der Waals surface area contributed by atoms with Crippen molar-refractivity contribution in [2.45, 2.75) is 12.8 Å². The zero-order chi connectivity index (χ0) is 9.31. The molecule has 2 saturated heterocycles. The van der Waals surface area contributed by atoms with Crippen LogP contribution in [0.4, 0.5) is 0 Å². The molecule has 2 rings (SSSR count). The van der Waals surface area contributed by atoms with Crippen molar-refractivity contribution in [2.24, 2.45) is 5.41 Å². The molecule has 0 atom stereocenters. The molecular formula is C9H15NO3. The van der Waals surface area contributed by atoms with Gasteiger partial charge in [-0.05, 0) is 12.8 Å². The summed E-state index contributed by atoms with van der Waals surface area (Å²) in [5, 5.41) is 9.14. The fourth-order valence-corrected chi connectivity index (χ4v) is 1.89. The molecule has 1 amide bonds. The molecule has 0 saturated carbocycles. The van der Waals surface area contributed by atoms with E-state index in [-0.39, 0.29) is 12.5 Å². The van der Waals surface area contributed by atoms with E-state index in [1.54, 1.807) is 0 Å². The zero-order valence-corrected chi connectivity index (χ0v) is 7.66. The highest BCUT2D eigenvalue weighted by atomic mass is 16.5. The van der Waals surface area contributed by atoms with E-state index in [1.165, 1.54) is 0 Å². The van der Waals surface area contributed by atoms with Crippen LogP contribution in [0.1, 0.15) is 12.8 Å². The number of rotatable bonds is 2. The topological polar surface area (TPSA) is 49.8 Å². The quantitative estimate of drug-likeness (QED) is 0.638. The van der Waals surface area contributed by atoms with Crippen molar-refractivity contribution in [1.29, 1.82) is 0 Å². The Morgan fingerprint density at radius 3 is 2.38 bits per heavy atom. The van der Waals surface area contributed by atoms with Crippen LogP contribution in [0.2, 0.25) is 0 Å². The van der Waals surface area contributed by atoms with Gasteiger partial charge in [-0.3, -0.25) is 4.79 Å². The third kappa shape index (κ3) is 1.34. The molecule has 1 N–H and O–H groups in total. The molecule has 2 heterocycles. The number of likely N-dealkylation sites (tertiary alicyclic amines) is 1. The highest BCUT2D eigenvalue weighted by Crippen LogP contribution is 2.30. The Labute approximate surface area is 77.5 Å². The minimum Gasteiger partial charge on any atom is -0.395 e. The van der Waals surface area contributed by atoms with E-state index < -0.39 is 5.41 Å². The number of aliphatic hydroxyl groups excluding tert-OH is 1. The molecule has 0 radical (unpaired) electrons. The summed E-state index contributed by atoms with van der Waals surface area (Å²) in [6, 6.07) is 0. The Hall–Kier alpha value is -0.610. The summed E-state index contributed by atoms with van der Waals surface area (Å²) in [6.07, 6.45) is 2.18. The van der Waals surface area contributed by atoms with Crippen molar-refractivity contribution in [3.8, 4) is 0 Å². The van der Waals surface area contributed by atoms with Crippen LogP contribution in [-0.2, 0) is 9.53 Å². The van der Waals surface area contributed by atoms with Gasteiger partial charge in [0, 0.05) is 13.1 Å². The molecule has 0 aromatic rings. The third-order valence-electron chi connectivity index (χ3n) is 2.91. The lowest BCUT2D eigenvalue weighted by molar-refractivity contribution is -0.179. The molecule has 0 unspecified atom stereocenters. The normalized spacial score (nSPS) is 25.8. The molecule has 4 heteroatoms. The number of nitrogens with zero attached hydrogens (tertiary/aromatic N) is 1. The molecule has 2 aliphatic heterocycles. The third-order valence-corrected chi connectivity index (χ3v) is 2.91. The largest absolute Gasteiger partial charge is 0.395 e. The maximum Gasteiger partial charge on any atom is 0.235 e. The van der Waals surface area contributed by atoms with Crippen molar-refractivity contribution >= 4 is 5.91 Å². The minimum atomic E-state index is -0.593. The number of hydrogen-bond acceptors (Lipinski definition) is 3. The van der Waals surface area contributed by atoms with Gasteiger partial charge in [0.05, 0.1) is 19.8 Å². The first-order valence-electron chi connectivity index (χ1n) is 4.76. The number of carbonyl (C=O) groups excluding carboxylic acids is 1. The van der Waals surface area contributed by atoms with Crippen molar-refractivity contribution < 1.29 is 14.6 Å². The highest BCUT2D eigenvalue weighted by Gasteiger charge is 2.47. The van der Waals surface area contributed by atoms with Gasteiger partial charge in [0.1, 0.15) is 5.41 Å². The minimum absolute atomic E-state index is 0.0810. The maximum atomic E-state index is 11.9. The van der Waals surface area contributed by atoms with Gasteiger partial charge in [-0.15, -0.1) is 0 Å². The Morgan fingerprint density at radius 1 is 1.38 bits per heavy atom. The summed E-state index contributed by atoms with van der Waals surface area (Å²) in [7, 11) is 0. The summed E-state index contributed by atoms with van der Waals surface area (Å²) < 4.78 is 5.00. The van der Waals surface area contributed by atoms with Crippen LogP contribution in [-0.4, -0.2) is 48.8 Å². The fraction of sp³-hybridized carbons (Fsp3) is 0.889. The van der Waals surface area contributed by atoms with Crippen LogP contribution >= 0.6 is 0 Å². The average molecular weight is 185 g/mol. The number of ether oxygens (including phenoxy) is 1. The smallest absolute Gasteiger partial charge is 0.235 e. The Bertz CT molecular complexity index is 201. The average Bonchev–Trinajstić information content (AvgIpc) is 2.54. The Balaban J connectivity index is 2.01. The molecule has 13 heavy (non-hydrogen) atoms. The summed E-state index contributed by atoms with van der Waals surface area (Å²) in [5.41, 5.74) is -0.593. The molecule has 0 aliphatic carbocycles. The van der Waals surface area contributed by atoms with Gasteiger partial charge in [-0.2, -0.15) is 0 Å². The van der Waals surface area contributed by atoms with Gasteiger partial charge in [0.25, 0.3) is 0 Å². The number of amides is 1. The second-order valence-electron chi connectivity index (χ2n) is 3.93. The van der Waals surface area contributed by atoms with Gasteiger partial charge < -0.3 is 14.7 Å². The summed E-state index contributed by atoms with van der Waals surface area (Å²) in [5.74, 6) is 0.0822. The first kappa shape index (κ1) is 8.97.